The molecule has 0 saturated carbocycles. The molecule has 4 aromatic carbocycles. The molecule has 2 nitrogen and oxygen atoms in total. The fraction of sp³-hybridized carbons (Fsp3) is 0.0938. The molecule has 4 aromatic rings. The third kappa shape index (κ3) is 2.67. The maximum absolute atomic E-state index is 13.4. The largest absolute Gasteiger partial charge is 0.466 e. The van der Waals surface area contributed by atoms with Gasteiger partial charge in [-0.3, -0.25) is 0 Å². The van der Waals surface area contributed by atoms with Crippen LogP contribution in [0.3, 0.4) is 0 Å². The Morgan fingerprint density at radius 2 is 0.971 bits per heavy atom. The summed E-state index contributed by atoms with van der Waals surface area (Å²) in [6.07, 6.45) is 0. The van der Waals surface area contributed by atoms with Crippen LogP contribution in [0.25, 0.3) is 11.1 Å². The summed E-state index contributed by atoms with van der Waals surface area (Å²) in [5.41, 5.74) is 6.20. The van der Waals surface area contributed by atoms with Crippen LogP contribution in [-0.4, -0.2) is 13.1 Å². The van der Waals surface area contributed by atoms with E-state index in [0.717, 1.165) is 32.3 Å². The Bertz CT molecular complexity index is 1470. The van der Waals surface area contributed by atoms with E-state index < -0.39 is 10.8 Å². The van der Waals surface area contributed by atoms with Crippen LogP contribution in [0.2, 0.25) is 0 Å². The molecule has 0 fully saturated rings. The van der Waals surface area contributed by atoms with Gasteiger partial charge in [0, 0.05) is 4.48 Å². The molecule has 2 atom stereocenters. The van der Waals surface area contributed by atoms with Gasteiger partial charge in [-0.1, -0.05) is 137 Å². The fourth-order valence-corrected chi connectivity index (χ4v) is 7.39. The lowest BCUT2D eigenvalue weighted by atomic mass is 9.32. The summed E-state index contributed by atoms with van der Waals surface area (Å²) in [5, 5.41) is 0. The zero-order valence-corrected chi connectivity index (χ0v) is 20.8. The van der Waals surface area contributed by atoms with Crippen LogP contribution in [-0.2, 0) is 20.4 Å². The molecule has 0 radical (unpaired) electrons. The minimum atomic E-state index is -0.700. The second-order valence-electron chi connectivity index (χ2n) is 8.89. The van der Waals surface area contributed by atoms with E-state index in [9.17, 15) is 4.79 Å². The third-order valence-electron chi connectivity index (χ3n) is 7.41. The molecule has 170 valence electrons. The first-order chi connectivity index (χ1) is 17.2. The maximum Gasteiger partial charge on any atom is 0.335 e. The fourth-order valence-electron chi connectivity index (χ4n) is 6.21. The average molecular weight is 519 g/mol. The van der Waals surface area contributed by atoms with Crippen LogP contribution in [0.4, 0.5) is 0 Å². The number of allylic oxidation sites excluding steroid dienone is 3. The minimum absolute atomic E-state index is 0.312. The van der Waals surface area contributed by atoms with Crippen molar-refractivity contribution in [2.75, 3.05) is 7.11 Å². The average Bonchev–Trinajstić information content (AvgIpc) is 2.92. The molecular weight excluding hydrogens is 496 g/mol. The van der Waals surface area contributed by atoms with Crippen molar-refractivity contribution >= 4 is 33.0 Å². The van der Waals surface area contributed by atoms with E-state index in [1.165, 1.54) is 12.7 Å². The predicted octanol–water partition coefficient (Wildman–Crippen LogP) is 7.32. The van der Waals surface area contributed by atoms with Crippen LogP contribution < -0.4 is 0 Å². The van der Waals surface area contributed by atoms with Crippen LogP contribution >= 0.6 is 15.9 Å². The summed E-state index contributed by atoms with van der Waals surface area (Å²) in [4.78, 5) is 13.4. The lowest BCUT2D eigenvalue weighted by molar-refractivity contribution is -0.137. The van der Waals surface area contributed by atoms with Gasteiger partial charge in [0.15, 0.2) is 0 Å². The minimum Gasteiger partial charge on any atom is -0.466 e. The lowest BCUT2D eigenvalue weighted by Gasteiger charge is -2.69. The standard InChI is InChI=1S/C32H23BrO2/c1-35-30(34)28-29(33)32(25-20-12-5-13-21-25)27(23-16-8-3-9-17-23)26(22-14-6-2-7-15-22)31(28,32)24-18-10-4-11-19-24/h2-21H,1H3. The number of methoxy groups -OCH3 is 1. The van der Waals surface area contributed by atoms with Crippen LogP contribution in [0, 0.1) is 0 Å². The molecule has 0 heterocycles. The number of hydrogen-bond donors (Lipinski definition) is 0. The van der Waals surface area contributed by atoms with Gasteiger partial charge in [-0.2, -0.15) is 0 Å². The zero-order chi connectivity index (χ0) is 24.0. The highest BCUT2D eigenvalue weighted by molar-refractivity contribution is 9.11. The van der Waals surface area contributed by atoms with Gasteiger partial charge in [-0.25, -0.2) is 4.79 Å². The number of halogens is 1. The van der Waals surface area contributed by atoms with Crippen molar-refractivity contribution in [2.45, 2.75) is 10.8 Å². The summed E-state index contributed by atoms with van der Waals surface area (Å²) in [5.74, 6) is -0.312. The van der Waals surface area contributed by atoms with Gasteiger partial charge in [-0.15, -0.1) is 0 Å². The number of carbonyl (C=O) groups is 1. The van der Waals surface area contributed by atoms with E-state index in [-0.39, 0.29) is 5.97 Å². The van der Waals surface area contributed by atoms with Gasteiger partial charge in [0.25, 0.3) is 0 Å². The predicted molar refractivity (Wildman–Crippen MR) is 144 cm³/mol. The highest BCUT2D eigenvalue weighted by Crippen LogP contribution is 2.81. The summed E-state index contributed by atoms with van der Waals surface area (Å²) in [6.45, 7) is 0. The quantitative estimate of drug-likeness (QED) is 0.258. The van der Waals surface area contributed by atoms with Gasteiger partial charge in [0.1, 0.15) is 0 Å². The van der Waals surface area contributed by atoms with Crippen LogP contribution in [0.15, 0.2) is 131 Å². The monoisotopic (exact) mass is 518 g/mol. The molecule has 2 aliphatic carbocycles. The van der Waals surface area contributed by atoms with Gasteiger partial charge in [0.05, 0.1) is 23.5 Å². The topological polar surface area (TPSA) is 26.3 Å². The molecule has 0 bridgehead atoms. The number of benzene rings is 4. The number of carbonyl (C=O) groups excluding carboxylic acids is 1. The number of rotatable bonds is 5. The van der Waals surface area contributed by atoms with Crippen molar-refractivity contribution in [1.82, 2.24) is 0 Å². The van der Waals surface area contributed by atoms with Gasteiger partial charge in [-0.05, 0) is 33.4 Å². The smallest absolute Gasteiger partial charge is 0.335 e. The number of esters is 1. The second kappa shape index (κ2) is 8.21. The molecule has 3 heteroatoms. The molecule has 2 aliphatic rings. The number of fused-ring (bicyclic) bond motifs is 1. The third-order valence-corrected chi connectivity index (χ3v) is 8.41. The summed E-state index contributed by atoms with van der Waals surface area (Å²) in [7, 11) is 1.46. The van der Waals surface area contributed by atoms with Gasteiger partial charge >= 0.3 is 5.97 Å². The normalized spacial score (nSPS) is 22.7. The van der Waals surface area contributed by atoms with E-state index in [0.29, 0.717) is 5.57 Å². The van der Waals surface area contributed by atoms with Gasteiger partial charge < -0.3 is 4.74 Å². The first-order valence-electron chi connectivity index (χ1n) is 11.6. The number of ether oxygens (including phenoxy) is 1. The van der Waals surface area contributed by atoms with E-state index in [2.05, 4.69) is 101 Å². The SMILES string of the molecule is COC(=O)C1=C(Br)C2(c3ccccc3)C(c3ccccc3)=C(c3ccccc3)C12c1ccccc1. The van der Waals surface area contributed by atoms with Crippen molar-refractivity contribution in [2.24, 2.45) is 0 Å². The lowest BCUT2D eigenvalue weighted by Crippen LogP contribution is -2.68. The highest BCUT2D eigenvalue weighted by atomic mass is 79.9. The molecule has 6 rings (SSSR count). The molecule has 0 spiro atoms. The van der Waals surface area contributed by atoms with Crippen molar-refractivity contribution in [1.29, 1.82) is 0 Å². The highest BCUT2D eigenvalue weighted by Gasteiger charge is 2.77. The molecule has 35 heavy (non-hydrogen) atoms. The number of hydrogen-bond acceptors (Lipinski definition) is 2. The molecule has 0 aromatic heterocycles. The summed E-state index contributed by atoms with van der Waals surface area (Å²) < 4.78 is 6.25. The summed E-state index contributed by atoms with van der Waals surface area (Å²) >= 11 is 3.93. The van der Waals surface area contributed by atoms with E-state index in [4.69, 9.17) is 4.74 Å². The van der Waals surface area contributed by atoms with Crippen molar-refractivity contribution in [3.63, 3.8) is 0 Å². The van der Waals surface area contributed by atoms with E-state index >= 15 is 0 Å². The van der Waals surface area contributed by atoms with E-state index in [1.54, 1.807) is 0 Å². The summed E-state index contributed by atoms with van der Waals surface area (Å²) in [6, 6.07) is 41.8. The first kappa shape index (κ1) is 21.8. The Labute approximate surface area is 213 Å². The Morgan fingerprint density at radius 1 is 0.600 bits per heavy atom. The Morgan fingerprint density at radius 3 is 1.40 bits per heavy atom. The first-order valence-corrected chi connectivity index (χ1v) is 12.4. The molecular formula is C32H23BrO2. The molecule has 0 amide bonds. The van der Waals surface area contributed by atoms with E-state index in [1.807, 2.05) is 36.4 Å². The molecule has 2 unspecified atom stereocenters. The zero-order valence-electron chi connectivity index (χ0n) is 19.2. The Balaban J connectivity index is 1.82. The second-order valence-corrected chi connectivity index (χ2v) is 9.69. The van der Waals surface area contributed by atoms with Crippen LogP contribution in [0.5, 0.6) is 0 Å². The van der Waals surface area contributed by atoms with Crippen LogP contribution in [0.1, 0.15) is 22.3 Å². The molecule has 0 N–H and O–H groups in total. The molecule has 0 aliphatic heterocycles. The van der Waals surface area contributed by atoms with Crippen molar-refractivity contribution in [3.05, 3.63) is 154 Å². The molecule has 0 saturated heterocycles. The van der Waals surface area contributed by atoms with Crippen molar-refractivity contribution in [3.8, 4) is 0 Å². The Hall–Kier alpha value is -3.69. The van der Waals surface area contributed by atoms with Crippen molar-refractivity contribution < 1.29 is 9.53 Å². The maximum atomic E-state index is 13.4. The van der Waals surface area contributed by atoms with Gasteiger partial charge in [0.2, 0.25) is 0 Å². The Kier molecular flexibility index (Phi) is 5.12.